The van der Waals surface area contributed by atoms with Gasteiger partial charge in [-0.2, -0.15) is 0 Å². The molecule has 0 bridgehead atoms. The molecular weight excluding hydrogens is 305 g/mol. The van der Waals surface area contributed by atoms with Crippen LogP contribution < -0.4 is 5.32 Å². The maximum Gasteiger partial charge on any atom is 0.184 e. The Hall–Kier alpha value is -0.290. The molecule has 1 aromatic carbocycles. The largest absolute Gasteiger partial charge is 0.309 e. The quantitative estimate of drug-likeness (QED) is 0.921. The highest BCUT2D eigenvalue weighted by molar-refractivity contribution is 7.92. The van der Waals surface area contributed by atoms with Gasteiger partial charge in [0.2, 0.25) is 0 Å². The summed E-state index contributed by atoms with van der Waals surface area (Å²) in [5.74, 6) is 0. The average molecular weight is 322 g/mol. The second-order valence-corrected chi connectivity index (χ2v) is 7.61. The number of benzene rings is 1. The maximum absolute atomic E-state index is 12.6. The van der Waals surface area contributed by atoms with E-state index < -0.39 is 15.1 Å². The van der Waals surface area contributed by atoms with E-state index in [-0.39, 0.29) is 16.0 Å². The molecule has 1 heterocycles. The molecule has 6 heteroatoms. The molecule has 2 rings (SSSR count). The molecule has 106 valence electrons. The summed E-state index contributed by atoms with van der Waals surface area (Å²) in [5, 5.41) is 3.52. The minimum Gasteiger partial charge on any atom is -0.309 e. The molecule has 0 saturated carbocycles. The SMILES string of the molecule is CCCNC1c2c(Cl)ccc(Cl)c2S(=O)(=O)C1CC. The zero-order chi connectivity index (χ0) is 14.2. The summed E-state index contributed by atoms with van der Waals surface area (Å²) >= 11 is 12.3. The summed E-state index contributed by atoms with van der Waals surface area (Å²) in [6.07, 6.45) is 1.46. The van der Waals surface area contributed by atoms with Crippen LogP contribution in [0.25, 0.3) is 0 Å². The third-order valence-electron chi connectivity index (χ3n) is 3.48. The number of fused-ring (bicyclic) bond motifs is 1. The topological polar surface area (TPSA) is 46.2 Å². The van der Waals surface area contributed by atoms with E-state index in [2.05, 4.69) is 5.32 Å². The lowest BCUT2D eigenvalue weighted by atomic mass is 10.0. The van der Waals surface area contributed by atoms with Crippen molar-refractivity contribution in [2.45, 2.75) is 42.9 Å². The Morgan fingerprint density at radius 1 is 1.21 bits per heavy atom. The van der Waals surface area contributed by atoms with Crippen molar-refractivity contribution < 1.29 is 8.42 Å². The van der Waals surface area contributed by atoms with Gasteiger partial charge in [0, 0.05) is 10.6 Å². The molecule has 1 aliphatic rings. The van der Waals surface area contributed by atoms with Crippen molar-refractivity contribution in [2.75, 3.05) is 6.54 Å². The minimum atomic E-state index is -3.41. The van der Waals surface area contributed by atoms with Crippen LogP contribution in [0.3, 0.4) is 0 Å². The van der Waals surface area contributed by atoms with Crippen LogP contribution in [-0.2, 0) is 9.84 Å². The van der Waals surface area contributed by atoms with Gasteiger partial charge >= 0.3 is 0 Å². The summed E-state index contributed by atoms with van der Waals surface area (Å²) in [6, 6.07) is 2.95. The zero-order valence-corrected chi connectivity index (χ0v) is 13.2. The highest BCUT2D eigenvalue weighted by Crippen LogP contribution is 2.47. The summed E-state index contributed by atoms with van der Waals surface area (Å²) in [6.45, 7) is 4.66. The minimum absolute atomic E-state index is 0.210. The van der Waals surface area contributed by atoms with Crippen molar-refractivity contribution in [1.29, 1.82) is 0 Å². The van der Waals surface area contributed by atoms with Crippen molar-refractivity contribution >= 4 is 33.0 Å². The molecule has 3 nitrogen and oxygen atoms in total. The number of hydrogen-bond acceptors (Lipinski definition) is 3. The molecule has 0 amide bonds. The van der Waals surface area contributed by atoms with Gasteiger partial charge in [-0.05, 0) is 31.5 Å². The first kappa shape index (κ1) is 15.1. The Labute approximate surface area is 124 Å². The Morgan fingerprint density at radius 2 is 1.84 bits per heavy atom. The molecule has 1 aromatic rings. The molecule has 0 saturated heterocycles. The molecule has 0 aliphatic carbocycles. The lowest BCUT2D eigenvalue weighted by Gasteiger charge is -2.19. The first-order chi connectivity index (χ1) is 8.95. The van der Waals surface area contributed by atoms with E-state index in [4.69, 9.17) is 23.2 Å². The lowest BCUT2D eigenvalue weighted by Crippen LogP contribution is -2.31. The van der Waals surface area contributed by atoms with E-state index in [0.29, 0.717) is 17.0 Å². The highest BCUT2D eigenvalue weighted by Gasteiger charge is 2.46. The maximum atomic E-state index is 12.6. The fourth-order valence-corrected chi connectivity index (χ4v) is 5.67. The summed E-state index contributed by atoms with van der Waals surface area (Å²) in [7, 11) is -3.41. The van der Waals surface area contributed by atoms with E-state index in [0.717, 1.165) is 13.0 Å². The van der Waals surface area contributed by atoms with Gasteiger partial charge in [-0.1, -0.05) is 37.0 Å². The summed E-state index contributed by atoms with van der Waals surface area (Å²) in [5.41, 5.74) is 0.634. The monoisotopic (exact) mass is 321 g/mol. The molecule has 1 aliphatic heterocycles. The zero-order valence-electron chi connectivity index (χ0n) is 10.9. The molecular formula is C13H17Cl2NO2S. The Bertz CT molecular complexity index is 587. The number of hydrogen-bond donors (Lipinski definition) is 1. The van der Waals surface area contributed by atoms with E-state index in [1.54, 1.807) is 12.1 Å². The molecule has 0 spiro atoms. The molecule has 2 unspecified atom stereocenters. The fraction of sp³-hybridized carbons (Fsp3) is 0.538. The number of sulfone groups is 1. The van der Waals surface area contributed by atoms with E-state index >= 15 is 0 Å². The molecule has 0 radical (unpaired) electrons. The normalized spacial score (nSPS) is 24.4. The Kier molecular flexibility index (Phi) is 4.45. The molecule has 2 atom stereocenters. The second kappa shape index (κ2) is 5.60. The van der Waals surface area contributed by atoms with Crippen molar-refractivity contribution in [1.82, 2.24) is 5.32 Å². The predicted molar refractivity (Wildman–Crippen MR) is 78.8 cm³/mol. The lowest BCUT2D eigenvalue weighted by molar-refractivity contribution is 0.493. The summed E-state index contributed by atoms with van der Waals surface area (Å²) < 4.78 is 25.2. The van der Waals surface area contributed by atoms with Gasteiger partial charge in [0.1, 0.15) is 0 Å². The van der Waals surface area contributed by atoms with E-state index in [9.17, 15) is 8.42 Å². The molecule has 1 N–H and O–H groups in total. The molecule has 0 fully saturated rings. The Morgan fingerprint density at radius 3 is 2.42 bits per heavy atom. The van der Waals surface area contributed by atoms with E-state index in [1.165, 1.54) is 0 Å². The van der Waals surface area contributed by atoms with Crippen LogP contribution in [0.1, 0.15) is 38.3 Å². The third kappa shape index (κ3) is 2.40. The first-order valence-corrected chi connectivity index (χ1v) is 8.70. The average Bonchev–Trinajstić information content (AvgIpc) is 2.59. The van der Waals surface area contributed by atoms with Crippen LogP contribution in [0.4, 0.5) is 0 Å². The van der Waals surface area contributed by atoms with Crippen LogP contribution in [0.5, 0.6) is 0 Å². The van der Waals surface area contributed by atoms with Crippen LogP contribution in [0.15, 0.2) is 17.0 Å². The van der Waals surface area contributed by atoms with Crippen LogP contribution in [0.2, 0.25) is 10.0 Å². The van der Waals surface area contributed by atoms with Gasteiger partial charge in [-0.15, -0.1) is 0 Å². The van der Waals surface area contributed by atoms with Crippen molar-refractivity contribution in [2.24, 2.45) is 0 Å². The van der Waals surface area contributed by atoms with Crippen LogP contribution in [-0.4, -0.2) is 20.2 Å². The van der Waals surface area contributed by atoms with Crippen molar-refractivity contribution in [3.8, 4) is 0 Å². The number of nitrogens with one attached hydrogen (secondary N) is 1. The van der Waals surface area contributed by atoms with Crippen molar-refractivity contribution in [3.63, 3.8) is 0 Å². The second-order valence-electron chi connectivity index (χ2n) is 4.70. The van der Waals surface area contributed by atoms with Gasteiger partial charge in [0.05, 0.1) is 21.2 Å². The summed E-state index contributed by atoms with van der Waals surface area (Å²) in [4.78, 5) is 0.210. The molecule has 0 aromatic heterocycles. The standard InChI is InChI=1S/C13H17Cl2NO2S/c1-3-7-16-12-10(4-2)19(17,18)13-9(15)6-5-8(14)11(12)13/h5-6,10,12,16H,3-4,7H2,1-2H3. The highest BCUT2D eigenvalue weighted by atomic mass is 35.5. The van der Waals surface area contributed by atoms with Crippen molar-refractivity contribution in [3.05, 3.63) is 27.7 Å². The van der Waals surface area contributed by atoms with Crippen LogP contribution in [0, 0.1) is 0 Å². The third-order valence-corrected chi connectivity index (χ3v) is 6.65. The van der Waals surface area contributed by atoms with Gasteiger partial charge in [-0.25, -0.2) is 8.42 Å². The predicted octanol–water partition coefficient (Wildman–Crippen LogP) is 3.60. The number of rotatable bonds is 4. The van der Waals surface area contributed by atoms with E-state index in [1.807, 2.05) is 13.8 Å². The Balaban J connectivity index is 2.63. The number of halogens is 2. The van der Waals surface area contributed by atoms with Crippen LogP contribution >= 0.6 is 23.2 Å². The van der Waals surface area contributed by atoms with Gasteiger partial charge in [0.15, 0.2) is 9.84 Å². The van der Waals surface area contributed by atoms with Gasteiger partial charge < -0.3 is 5.32 Å². The molecule has 19 heavy (non-hydrogen) atoms. The smallest absolute Gasteiger partial charge is 0.184 e. The fourth-order valence-electron chi connectivity index (χ4n) is 2.63. The van der Waals surface area contributed by atoms with Gasteiger partial charge in [-0.3, -0.25) is 0 Å². The van der Waals surface area contributed by atoms with Gasteiger partial charge in [0.25, 0.3) is 0 Å². The first-order valence-electron chi connectivity index (χ1n) is 6.40.